The Balaban J connectivity index is 1.96. The fourth-order valence-electron chi connectivity index (χ4n) is 4.31. The van der Waals surface area contributed by atoms with Crippen LogP contribution in [0.5, 0.6) is 0 Å². The largest absolute Gasteiger partial charge is 0.354 e. The molecule has 0 radical (unpaired) electrons. The molecule has 1 unspecified atom stereocenters. The first kappa shape index (κ1) is 26.2. The molecule has 4 heteroatoms. The van der Waals surface area contributed by atoms with E-state index < -0.39 is 6.04 Å². The first-order valence-electron chi connectivity index (χ1n) is 12.4. The highest BCUT2D eigenvalue weighted by Gasteiger charge is 2.30. The van der Waals surface area contributed by atoms with Gasteiger partial charge in [0.25, 0.3) is 0 Å². The fourth-order valence-corrected chi connectivity index (χ4v) is 4.31. The molecule has 3 aromatic rings. The number of hydrogen-bond acceptors (Lipinski definition) is 2. The Morgan fingerprint density at radius 3 is 2.00 bits per heavy atom. The van der Waals surface area contributed by atoms with E-state index in [1.165, 1.54) is 0 Å². The Hall–Kier alpha value is -3.40. The van der Waals surface area contributed by atoms with Gasteiger partial charge in [0, 0.05) is 19.5 Å². The molecule has 1 atom stereocenters. The van der Waals surface area contributed by atoms with Crippen molar-refractivity contribution in [2.24, 2.45) is 5.92 Å². The predicted octanol–water partition coefficient (Wildman–Crippen LogP) is 5.57. The molecule has 0 bridgehead atoms. The molecule has 0 aliphatic heterocycles. The molecule has 35 heavy (non-hydrogen) atoms. The molecule has 0 aliphatic rings. The SMILES string of the molecule is Cc1ccc(CN(C(=O)Cc2cc(C)cc(C)c2)C(Cc2ccccc2)C(=O)NCC(C)C)cc1. The highest BCUT2D eigenvalue weighted by atomic mass is 16.2. The lowest BCUT2D eigenvalue weighted by Gasteiger charge is -2.32. The van der Waals surface area contributed by atoms with Crippen LogP contribution in [0, 0.1) is 26.7 Å². The normalized spacial score (nSPS) is 11.8. The minimum absolute atomic E-state index is 0.0452. The molecule has 0 spiro atoms. The van der Waals surface area contributed by atoms with Crippen LogP contribution in [0.4, 0.5) is 0 Å². The molecular formula is C31H38N2O2. The first-order valence-corrected chi connectivity index (χ1v) is 12.4. The quantitative estimate of drug-likeness (QED) is 0.421. The number of carbonyl (C=O) groups is 2. The Morgan fingerprint density at radius 1 is 0.771 bits per heavy atom. The molecule has 2 amide bonds. The minimum atomic E-state index is -0.601. The zero-order valence-corrected chi connectivity index (χ0v) is 21.7. The fraction of sp³-hybridized carbons (Fsp3) is 0.355. The molecule has 0 aromatic heterocycles. The van der Waals surface area contributed by atoms with Gasteiger partial charge < -0.3 is 10.2 Å². The van der Waals surface area contributed by atoms with Crippen molar-refractivity contribution >= 4 is 11.8 Å². The highest BCUT2D eigenvalue weighted by molar-refractivity contribution is 5.88. The molecule has 0 saturated carbocycles. The van der Waals surface area contributed by atoms with Gasteiger partial charge in [-0.25, -0.2) is 0 Å². The lowest BCUT2D eigenvalue weighted by atomic mass is 10.00. The van der Waals surface area contributed by atoms with Crippen LogP contribution >= 0.6 is 0 Å². The Morgan fingerprint density at radius 2 is 1.40 bits per heavy atom. The molecule has 0 aliphatic carbocycles. The summed E-state index contributed by atoms with van der Waals surface area (Å²) in [5.41, 5.74) is 6.45. The summed E-state index contributed by atoms with van der Waals surface area (Å²) in [6.45, 7) is 11.2. The van der Waals surface area contributed by atoms with Crippen molar-refractivity contribution in [3.63, 3.8) is 0 Å². The summed E-state index contributed by atoms with van der Waals surface area (Å²) >= 11 is 0. The third kappa shape index (κ3) is 8.10. The lowest BCUT2D eigenvalue weighted by Crippen LogP contribution is -2.51. The number of nitrogens with zero attached hydrogens (tertiary/aromatic N) is 1. The summed E-state index contributed by atoms with van der Waals surface area (Å²) in [6, 6.07) is 23.7. The highest BCUT2D eigenvalue weighted by Crippen LogP contribution is 2.18. The number of benzene rings is 3. The van der Waals surface area contributed by atoms with Crippen molar-refractivity contribution in [1.82, 2.24) is 10.2 Å². The summed E-state index contributed by atoms with van der Waals surface area (Å²) < 4.78 is 0. The number of nitrogens with one attached hydrogen (secondary N) is 1. The number of amides is 2. The molecule has 0 saturated heterocycles. The standard InChI is InChI=1S/C31H38N2O2/c1-22(2)20-32-31(35)29(18-26-9-7-6-8-10-26)33(21-27-13-11-23(3)12-14-27)30(34)19-28-16-24(4)15-25(5)17-28/h6-17,22,29H,18-21H2,1-5H3,(H,32,35). The van der Waals surface area contributed by atoms with E-state index in [2.05, 4.69) is 37.4 Å². The van der Waals surface area contributed by atoms with Crippen LogP contribution in [-0.2, 0) is 29.0 Å². The monoisotopic (exact) mass is 470 g/mol. The van der Waals surface area contributed by atoms with Gasteiger partial charge in [0.2, 0.25) is 11.8 Å². The van der Waals surface area contributed by atoms with E-state index in [1.807, 2.05) is 75.4 Å². The summed E-state index contributed by atoms with van der Waals surface area (Å²) in [5.74, 6) is 0.174. The van der Waals surface area contributed by atoms with Crippen molar-refractivity contribution in [3.8, 4) is 0 Å². The van der Waals surface area contributed by atoms with Crippen molar-refractivity contribution in [2.45, 2.75) is 60.0 Å². The topological polar surface area (TPSA) is 49.4 Å². The van der Waals surface area contributed by atoms with Crippen molar-refractivity contribution in [3.05, 3.63) is 106 Å². The third-order valence-electron chi connectivity index (χ3n) is 6.07. The predicted molar refractivity (Wildman–Crippen MR) is 143 cm³/mol. The Kier molecular flexibility index (Phi) is 9.25. The molecule has 4 nitrogen and oxygen atoms in total. The summed E-state index contributed by atoms with van der Waals surface area (Å²) in [6.07, 6.45) is 0.729. The van der Waals surface area contributed by atoms with Crippen LogP contribution in [0.2, 0.25) is 0 Å². The molecule has 0 heterocycles. The molecule has 0 fully saturated rings. The van der Waals surface area contributed by atoms with Crippen LogP contribution in [0.15, 0.2) is 72.8 Å². The van der Waals surface area contributed by atoms with E-state index in [1.54, 1.807) is 4.90 Å². The van der Waals surface area contributed by atoms with E-state index in [0.29, 0.717) is 25.4 Å². The number of aryl methyl sites for hydroxylation is 3. The number of hydrogen-bond donors (Lipinski definition) is 1. The van der Waals surface area contributed by atoms with E-state index >= 15 is 0 Å². The number of carbonyl (C=O) groups excluding carboxylic acids is 2. The van der Waals surface area contributed by atoms with Gasteiger partial charge >= 0.3 is 0 Å². The molecule has 1 N–H and O–H groups in total. The van der Waals surface area contributed by atoms with Gasteiger partial charge in [0.15, 0.2) is 0 Å². The van der Waals surface area contributed by atoms with E-state index in [0.717, 1.165) is 33.4 Å². The lowest BCUT2D eigenvalue weighted by molar-refractivity contribution is -0.140. The van der Waals surface area contributed by atoms with Gasteiger partial charge in [-0.1, -0.05) is 103 Å². The van der Waals surface area contributed by atoms with Crippen LogP contribution in [0.25, 0.3) is 0 Å². The average Bonchev–Trinajstić information content (AvgIpc) is 2.81. The minimum Gasteiger partial charge on any atom is -0.354 e. The van der Waals surface area contributed by atoms with Gasteiger partial charge in [-0.2, -0.15) is 0 Å². The maximum absolute atomic E-state index is 13.8. The van der Waals surface area contributed by atoms with Crippen LogP contribution in [0.3, 0.4) is 0 Å². The molecule has 3 rings (SSSR count). The van der Waals surface area contributed by atoms with Gasteiger partial charge in [-0.05, 0) is 43.4 Å². The van der Waals surface area contributed by atoms with E-state index in [4.69, 9.17) is 0 Å². The molecule has 184 valence electrons. The second-order valence-corrected chi connectivity index (χ2v) is 10.0. The second-order valence-electron chi connectivity index (χ2n) is 10.0. The van der Waals surface area contributed by atoms with Crippen LogP contribution in [0.1, 0.15) is 47.2 Å². The van der Waals surface area contributed by atoms with Crippen molar-refractivity contribution in [1.29, 1.82) is 0 Å². The van der Waals surface area contributed by atoms with Gasteiger partial charge in [0.1, 0.15) is 6.04 Å². The molecule has 3 aromatic carbocycles. The average molecular weight is 471 g/mol. The van der Waals surface area contributed by atoms with Gasteiger partial charge in [-0.15, -0.1) is 0 Å². The second kappa shape index (κ2) is 12.3. The number of rotatable bonds is 10. The summed E-state index contributed by atoms with van der Waals surface area (Å²) in [7, 11) is 0. The van der Waals surface area contributed by atoms with Gasteiger partial charge in [-0.3, -0.25) is 9.59 Å². The van der Waals surface area contributed by atoms with Crippen molar-refractivity contribution in [2.75, 3.05) is 6.54 Å². The Bertz CT molecular complexity index is 1100. The van der Waals surface area contributed by atoms with Crippen LogP contribution < -0.4 is 5.32 Å². The van der Waals surface area contributed by atoms with Gasteiger partial charge in [0.05, 0.1) is 6.42 Å². The zero-order chi connectivity index (χ0) is 25.4. The Labute approximate surface area is 210 Å². The van der Waals surface area contributed by atoms with Crippen LogP contribution in [-0.4, -0.2) is 29.3 Å². The summed E-state index contributed by atoms with van der Waals surface area (Å²) in [5, 5.41) is 3.08. The van der Waals surface area contributed by atoms with Crippen molar-refractivity contribution < 1.29 is 9.59 Å². The first-order chi connectivity index (χ1) is 16.7. The van der Waals surface area contributed by atoms with E-state index in [9.17, 15) is 9.59 Å². The zero-order valence-electron chi connectivity index (χ0n) is 21.7. The molecular weight excluding hydrogens is 432 g/mol. The maximum atomic E-state index is 13.8. The van der Waals surface area contributed by atoms with E-state index in [-0.39, 0.29) is 18.2 Å². The smallest absolute Gasteiger partial charge is 0.243 e. The third-order valence-corrected chi connectivity index (χ3v) is 6.07. The summed E-state index contributed by atoms with van der Waals surface area (Å²) in [4.78, 5) is 29.1. The maximum Gasteiger partial charge on any atom is 0.243 e.